The normalized spacial score (nSPS) is 17.4. The first-order valence-electron chi connectivity index (χ1n) is 7.96. The van der Waals surface area contributed by atoms with E-state index in [0.717, 1.165) is 54.6 Å². The van der Waals surface area contributed by atoms with Gasteiger partial charge in [-0.3, -0.25) is 0 Å². The molecule has 0 spiro atoms. The molecule has 6 nitrogen and oxygen atoms in total. The van der Waals surface area contributed by atoms with E-state index in [9.17, 15) is 5.11 Å². The lowest BCUT2D eigenvalue weighted by molar-refractivity contribution is 0.122. The number of fused-ring (bicyclic) bond motifs is 1. The van der Waals surface area contributed by atoms with Crippen LogP contribution in [0, 0.1) is 0 Å². The zero-order valence-corrected chi connectivity index (χ0v) is 13.2. The Balaban J connectivity index is 1.84. The van der Waals surface area contributed by atoms with E-state index >= 15 is 0 Å². The molecule has 0 unspecified atom stereocenters. The fourth-order valence-corrected chi connectivity index (χ4v) is 3.19. The Kier molecular flexibility index (Phi) is 3.53. The number of anilines is 2. The average molecular weight is 312 g/mol. The number of hydrogen-bond donors (Lipinski definition) is 1. The molecule has 0 amide bonds. The first kappa shape index (κ1) is 14.3. The number of phenolic OH excluding ortho intramolecular Hbond substituents is 1. The minimum atomic E-state index is 0.258. The van der Waals surface area contributed by atoms with Gasteiger partial charge in [0.15, 0.2) is 0 Å². The highest BCUT2D eigenvalue weighted by Crippen LogP contribution is 2.35. The molecular formula is C17H20N4O2. The van der Waals surface area contributed by atoms with Crippen LogP contribution in [0.25, 0.3) is 11.3 Å². The summed E-state index contributed by atoms with van der Waals surface area (Å²) in [5.41, 5.74) is 3.03. The van der Waals surface area contributed by atoms with Crippen LogP contribution in [0.1, 0.15) is 5.56 Å². The standard InChI is InChI=1S/C17H20N4O2/c1-20-6-5-14-15(12-3-2-4-13(22)11-12)18-17(19-16(14)20)21-7-9-23-10-8-21/h2-4,11,22H,5-10H2,1H3. The Labute approximate surface area is 135 Å². The largest absolute Gasteiger partial charge is 0.508 e. The molecule has 3 heterocycles. The summed E-state index contributed by atoms with van der Waals surface area (Å²) in [6, 6.07) is 7.29. The van der Waals surface area contributed by atoms with Crippen LogP contribution in [0.3, 0.4) is 0 Å². The average Bonchev–Trinajstić information content (AvgIpc) is 2.96. The van der Waals surface area contributed by atoms with Crippen molar-refractivity contribution in [1.29, 1.82) is 0 Å². The van der Waals surface area contributed by atoms with Crippen LogP contribution in [0.5, 0.6) is 5.75 Å². The number of likely N-dealkylation sites (N-methyl/N-ethyl adjacent to an activating group) is 1. The molecule has 1 fully saturated rings. The van der Waals surface area contributed by atoms with E-state index in [0.29, 0.717) is 13.2 Å². The quantitative estimate of drug-likeness (QED) is 0.910. The summed E-state index contributed by atoms with van der Waals surface area (Å²) in [6.07, 6.45) is 0.931. The minimum Gasteiger partial charge on any atom is -0.508 e. The van der Waals surface area contributed by atoms with Gasteiger partial charge in [0, 0.05) is 37.8 Å². The Hall–Kier alpha value is -2.34. The van der Waals surface area contributed by atoms with Gasteiger partial charge in [0.05, 0.1) is 18.9 Å². The van der Waals surface area contributed by atoms with E-state index in [1.54, 1.807) is 12.1 Å². The monoisotopic (exact) mass is 312 g/mol. The number of benzene rings is 1. The van der Waals surface area contributed by atoms with Crippen LogP contribution in [0.15, 0.2) is 24.3 Å². The summed E-state index contributed by atoms with van der Waals surface area (Å²) in [5.74, 6) is 2.01. The second-order valence-corrected chi connectivity index (χ2v) is 6.00. The lowest BCUT2D eigenvalue weighted by Crippen LogP contribution is -2.37. The smallest absolute Gasteiger partial charge is 0.228 e. The molecule has 1 N–H and O–H groups in total. The van der Waals surface area contributed by atoms with E-state index in [2.05, 4.69) is 16.8 Å². The Bertz CT molecular complexity index is 729. The van der Waals surface area contributed by atoms with Gasteiger partial charge in [0.1, 0.15) is 11.6 Å². The minimum absolute atomic E-state index is 0.258. The molecule has 1 aromatic carbocycles. The third-order valence-corrected chi connectivity index (χ3v) is 4.45. The molecule has 2 aromatic rings. The van der Waals surface area contributed by atoms with Crippen LogP contribution < -0.4 is 9.80 Å². The van der Waals surface area contributed by atoms with Gasteiger partial charge in [-0.05, 0) is 18.6 Å². The summed E-state index contributed by atoms with van der Waals surface area (Å²) < 4.78 is 5.42. The molecule has 2 aliphatic heterocycles. The highest BCUT2D eigenvalue weighted by atomic mass is 16.5. The van der Waals surface area contributed by atoms with Gasteiger partial charge in [-0.1, -0.05) is 12.1 Å². The van der Waals surface area contributed by atoms with E-state index in [-0.39, 0.29) is 5.75 Å². The van der Waals surface area contributed by atoms with Gasteiger partial charge in [-0.15, -0.1) is 0 Å². The predicted molar refractivity (Wildman–Crippen MR) is 89.1 cm³/mol. The number of morpholine rings is 1. The first-order chi connectivity index (χ1) is 11.2. The number of aromatic nitrogens is 2. The molecule has 1 aromatic heterocycles. The van der Waals surface area contributed by atoms with Crippen LogP contribution in [-0.4, -0.2) is 55.0 Å². The van der Waals surface area contributed by atoms with Crippen molar-refractivity contribution in [2.24, 2.45) is 0 Å². The summed E-state index contributed by atoms with van der Waals surface area (Å²) in [6.45, 7) is 3.97. The summed E-state index contributed by atoms with van der Waals surface area (Å²) in [4.78, 5) is 14.0. The molecule has 0 saturated carbocycles. The van der Waals surface area contributed by atoms with Crippen molar-refractivity contribution in [2.45, 2.75) is 6.42 Å². The first-order valence-corrected chi connectivity index (χ1v) is 7.96. The maximum Gasteiger partial charge on any atom is 0.228 e. The molecule has 23 heavy (non-hydrogen) atoms. The second-order valence-electron chi connectivity index (χ2n) is 6.00. The fourth-order valence-electron chi connectivity index (χ4n) is 3.19. The Morgan fingerprint density at radius 3 is 2.74 bits per heavy atom. The summed E-state index contributed by atoms with van der Waals surface area (Å²) in [7, 11) is 2.06. The zero-order chi connectivity index (χ0) is 15.8. The third-order valence-electron chi connectivity index (χ3n) is 4.45. The van der Waals surface area contributed by atoms with Crippen LogP contribution in [0.2, 0.25) is 0 Å². The number of hydrogen-bond acceptors (Lipinski definition) is 6. The van der Waals surface area contributed by atoms with E-state index in [4.69, 9.17) is 14.7 Å². The van der Waals surface area contributed by atoms with Crippen molar-refractivity contribution >= 4 is 11.8 Å². The lowest BCUT2D eigenvalue weighted by atomic mass is 10.1. The Morgan fingerprint density at radius 1 is 1.13 bits per heavy atom. The molecule has 1 saturated heterocycles. The van der Waals surface area contributed by atoms with Gasteiger partial charge in [-0.2, -0.15) is 4.98 Å². The van der Waals surface area contributed by atoms with Crippen molar-refractivity contribution in [3.05, 3.63) is 29.8 Å². The SMILES string of the molecule is CN1CCc2c(-c3cccc(O)c3)nc(N3CCOCC3)nc21. The van der Waals surface area contributed by atoms with Crippen molar-refractivity contribution in [3.8, 4) is 17.0 Å². The van der Waals surface area contributed by atoms with Crippen molar-refractivity contribution < 1.29 is 9.84 Å². The maximum absolute atomic E-state index is 9.81. The maximum atomic E-state index is 9.81. The lowest BCUT2D eigenvalue weighted by Gasteiger charge is -2.28. The molecule has 0 aliphatic carbocycles. The molecule has 120 valence electrons. The van der Waals surface area contributed by atoms with Gasteiger partial charge in [0.25, 0.3) is 0 Å². The molecule has 0 bridgehead atoms. The van der Waals surface area contributed by atoms with Crippen molar-refractivity contribution in [2.75, 3.05) is 49.7 Å². The second kappa shape index (κ2) is 5.70. The number of ether oxygens (including phenoxy) is 1. The third kappa shape index (κ3) is 2.59. The highest BCUT2D eigenvalue weighted by Gasteiger charge is 2.26. The van der Waals surface area contributed by atoms with Gasteiger partial charge in [0.2, 0.25) is 5.95 Å². The predicted octanol–water partition coefficient (Wildman–Crippen LogP) is 1.68. The molecule has 4 rings (SSSR count). The van der Waals surface area contributed by atoms with Gasteiger partial charge < -0.3 is 19.6 Å². The molecular weight excluding hydrogens is 292 g/mol. The fraction of sp³-hybridized carbons (Fsp3) is 0.412. The van der Waals surface area contributed by atoms with E-state index < -0.39 is 0 Å². The van der Waals surface area contributed by atoms with Crippen molar-refractivity contribution in [3.63, 3.8) is 0 Å². The topological polar surface area (TPSA) is 61.7 Å². The number of rotatable bonds is 2. The van der Waals surface area contributed by atoms with Gasteiger partial charge >= 0.3 is 0 Å². The molecule has 2 aliphatic rings. The van der Waals surface area contributed by atoms with Gasteiger partial charge in [-0.25, -0.2) is 4.98 Å². The summed E-state index contributed by atoms with van der Waals surface area (Å²) in [5, 5.41) is 9.81. The van der Waals surface area contributed by atoms with Crippen molar-refractivity contribution in [1.82, 2.24) is 9.97 Å². The van der Waals surface area contributed by atoms with E-state index in [1.807, 2.05) is 12.1 Å². The summed E-state index contributed by atoms with van der Waals surface area (Å²) >= 11 is 0. The zero-order valence-electron chi connectivity index (χ0n) is 13.2. The molecule has 0 radical (unpaired) electrons. The molecule has 0 atom stereocenters. The van der Waals surface area contributed by atoms with Crippen LogP contribution in [-0.2, 0) is 11.2 Å². The number of nitrogens with zero attached hydrogens (tertiary/aromatic N) is 4. The number of phenols is 1. The van der Waals surface area contributed by atoms with E-state index in [1.165, 1.54) is 0 Å². The Morgan fingerprint density at radius 2 is 1.96 bits per heavy atom. The highest BCUT2D eigenvalue weighted by molar-refractivity contribution is 5.73. The number of aromatic hydroxyl groups is 1. The molecule has 6 heteroatoms. The van der Waals surface area contributed by atoms with Crippen LogP contribution in [0.4, 0.5) is 11.8 Å². The van der Waals surface area contributed by atoms with Crippen LogP contribution >= 0.6 is 0 Å².